The van der Waals surface area contributed by atoms with Crippen LogP contribution in [0.1, 0.15) is 66.1 Å². The predicted octanol–water partition coefficient (Wildman–Crippen LogP) is 2.76. The van der Waals surface area contributed by atoms with Gasteiger partial charge in [0, 0.05) is 25.1 Å². The van der Waals surface area contributed by atoms with Gasteiger partial charge < -0.3 is 21.0 Å². The molecule has 6 rings (SSSR count). The van der Waals surface area contributed by atoms with Crippen LogP contribution in [0.5, 0.6) is 5.75 Å². The highest BCUT2D eigenvalue weighted by molar-refractivity contribution is 6.33. The number of phenolic OH excluding ortho intramolecular Hbond substituents is 1. The van der Waals surface area contributed by atoms with Gasteiger partial charge in [-0.1, -0.05) is 6.92 Å². The normalized spacial score (nSPS) is 32.4. The number of primary amides is 1. The average Bonchev–Trinajstić information content (AvgIpc) is 3.84. The topological polar surface area (TPSA) is 154 Å². The first-order valence-electron chi connectivity index (χ1n) is 15.5. The van der Waals surface area contributed by atoms with Crippen LogP contribution < -0.4 is 5.73 Å². The zero-order valence-corrected chi connectivity index (χ0v) is 25.8. The van der Waals surface area contributed by atoms with Gasteiger partial charge in [-0.25, -0.2) is 0 Å². The molecular formula is C32H39F3N4O6. The molecule has 1 amide bonds. The molecule has 6 atom stereocenters. The number of carbonyl (C=O) groups excluding carboxylic acids is 4. The van der Waals surface area contributed by atoms with E-state index in [-0.39, 0.29) is 36.1 Å². The lowest BCUT2D eigenvalue weighted by Crippen LogP contribution is -2.74. The van der Waals surface area contributed by atoms with E-state index in [0.29, 0.717) is 12.5 Å². The average molecular weight is 633 g/mol. The number of nitrogens with zero attached hydrogens (tertiary/aromatic N) is 2. The van der Waals surface area contributed by atoms with E-state index in [2.05, 4.69) is 4.90 Å². The number of fused-ring (bicyclic) bond motifs is 3. The van der Waals surface area contributed by atoms with E-state index in [4.69, 9.17) is 15.9 Å². The fraction of sp³-hybridized carbons (Fsp3) is 0.656. The summed E-state index contributed by atoms with van der Waals surface area (Å²) in [5.74, 6) is -9.27. The Kier molecular flexibility index (Phi) is 7.37. The number of Topliss-reactive ketones (excluding diaryl/α,β-unsaturated/α-hetero) is 3. The molecule has 0 aliphatic heterocycles. The Labute approximate surface area is 258 Å². The van der Waals surface area contributed by atoms with Gasteiger partial charge in [0.2, 0.25) is 5.91 Å². The summed E-state index contributed by atoms with van der Waals surface area (Å²) in [7, 11) is 4.24. The van der Waals surface area contributed by atoms with E-state index in [1.165, 1.54) is 4.90 Å². The summed E-state index contributed by atoms with van der Waals surface area (Å²) in [6, 6.07) is -0.115. The molecule has 5 aliphatic rings. The van der Waals surface area contributed by atoms with Crippen LogP contribution in [0.2, 0.25) is 0 Å². The maximum absolute atomic E-state index is 15.0. The first-order valence-corrected chi connectivity index (χ1v) is 15.5. The van der Waals surface area contributed by atoms with E-state index in [9.17, 15) is 37.5 Å². The van der Waals surface area contributed by atoms with Gasteiger partial charge in [-0.3, -0.25) is 29.0 Å². The number of nitrogens with one attached hydrogen (secondary N) is 1. The van der Waals surface area contributed by atoms with Crippen LogP contribution in [0.3, 0.4) is 0 Å². The molecule has 10 nitrogen and oxygen atoms in total. The van der Waals surface area contributed by atoms with Crippen molar-refractivity contribution in [3.8, 4) is 5.75 Å². The summed E-state index contributed by atoms with van der Waals surface area (Å²) in [5.41, 5.74) is 0.545. The fourth-order valence-electron chi connectivity index (χ4n) is 9.14. The number of hydrogen-bond acceptors (Lipinski definition) is 9. The highest BCUT2D eigenvalue weighted by atomic mass is 19.4. The van der Waals surface area contributed by atoms with Crippen molar-refractivity contribution in [2.75, 3.05) is 27.7 Å². The smallest absolute Gasteiger partial charge is 0.417 e. The number of likely N-dealkylation sites (N-methyl/N-ethyl adjacent to an activating group) is 1. The molecule has 0 bridgehead atoms. The summed E-state index contributed by atoms with van der Waals surface area (Å²) in [5, 5.41) is 20.0. The summed E-state index contributed by atoms with van der Waals surface area (Å²) < 4.78 is 50.6. The Hall–Kier alpha value is -3.16. The molecule has 5 aliphatic carbocycles. The minimum atomic E-state index is -4.85. The Morgan fingerprint density at radius 1 is 1.20 bits per heavy atom. The first-order chi connectivity index (χ1) is 21.1. The molecule has 0 saturated heterocycles. The van der Waals surface area contributed by atoms with Gasteiger partial charge in [0.15, 0.2) is 23.0 Å². The Morgan fingerprint density at radius 2 is 1.84 bits per heavy atom. The fourth-order valence-corrected chi connectivity index (χ4v) is 9.14. The van der Waals surface area contributed by atoms with E-state index >= 15 is 0 Å². The monoisotopic (exact) mass is 632 g/mol. The van der Waals surface area contributed by atoms with Crippen molar-refractivity contribution in [1.82, 2.24) is 9.80 Å². The van der Waals surface area contributed by atoms with Gasteiger partial charge in [-0.05, 0) is 88.2 Å². The molecule has 4 N–H and O–H groups in total. The third-order valence-corrected chi connectivity index (χ3v) is 11.3. The lowest BCUT2D eigenvalue weighted by atomic mass is 9.51. The van der Waals surface area contributed by atoms with Crippen LogP contribution in [0, 0.1) is 35.0 Å². The van der Waals surface area contributed by atoms with Crippen molar-refractivity contribution >= 4 is 29.0 Å². The van der Waals surface area contributed by atoms with Crippen molar-refractivity contribution < 1.29 is 42.2 Å². The zero-order chi connectivity index (χ0) is 33.0. The lowest BCUT2D eigenvalue weighted by molar-refractivity contribution is -0.161. The number of phenols is 1. The summed E-state index contributed by atoms with van der Waals surface area (Å²) in [6.45, 7) is 2.40. The maximum atomic E-state index is 15.0. The molecule has 45 heavy (non-hydrogen) atoms. The largest absolute Gasteiger partial charge is 0.507 e. The first kappa shape index (κ1) is 31.8. The number of hydrogen-bond donors (Lipinski definition) is 3. The number of halogens is 3. The number of alkyl halides is 3. The van der Waals surface area contributed by atoms with Crippen molar-refractivity contribution in [2.45, 2.75) is 75.4 Å². The number of amides is 1. The molecule has 4 fully saturated rings. The molecule has 6 unspecified atom stereocenters. The molecule has 13 heteroatoms. The van der Waals surface area contributed by atoms with E-state index < -0.39 is 87.3 Å². The van der Waals surface area contributed by atoms with Gasteiger partial charge in [-0.2, -0.15) is 13.2 Å². The number of carbonyl (C=O) groups is 4. The Bertz CT molecular complexity index is 1520. The highest BCUT2D eigenvalue weighted by Gasteiger charge is 2.69. The zero-order valence-electron chi connectivity index (χ0n) is 25.8. The number of methoxy groups -OCH3 is 1. The summed E-state index contributed by atoms with van der Waals surface area (Å²) in [4.78, 5) is 57.9. The SMILES string of the molecule is CCN(Cc1cc(O)c2c(c1C(F)(F)F)CC1CC3C(N(C)C)C(=O)C(C(N)=O)C(=N)C3(OC)C(=O)C1C2=O)C1(C2CC2)CC1. The standard InChI is InChI=1S/C32H39F3N4O6/c1-5-39(30(8-9-30)16-6-7-16)13-15-12-19(40)21-17(23(15)32(33,34)35)10-14-11-18-24(38(2)3)26(42)22(29(37)44)27(36)31(18,45-4)28(43)20(14)25(21)41/h12,14,16,18,20,22,24,36,40H,5-11,13H2,1-4H3,(H2,37,44). The molecule has 0 heterocycles. The molecule has 1 aromatic rings. The van der Waals surface area contributed by atoms with E-state index in [1.807, 2.05) is 6.92 Å². The second kappa shape index (κ2) is 10.4. The number of ketones is 3. The summed E-state index contributed by atoms with van der Waals surface area (Å²) >= 11 is 0. The van der Waals surface area contributed by atoms with Gasteiger partial charge in [0.05, 0.1) is 28.8 Å². The Morgan fingerprint density at radius 3 is 2.33 bits per heavy atom. The van der Waals surface area contributed by atoms with Crippen LogP contribution in [0.15, 0.2) is 6.07 Å². The van der Waals surface area contributed by atoms with E-state index in [1.54, 1.807) is 14.1 Å². The minimum absolute atomic E-state index is 0.0395. The third-order valence-electron chi connectivity index (χ3n) is 11.3. The van der Waals surface area contributed by atoms with Gasteiger partial charge in [0.1, 0.15) is 11.7 Å². The Balaban J connectivity index is 1.47. The van der Waals surface area contributed by atoms with Crippen LogP contribution in [0.4, 0.5) is 13.2 Å². The quantitative estimate of drug-likeness (QED) is 0.370. The molecule has 0 aromatic heterocycles. The second-order valence-electron chi connectivity index (χ2n) is 13.7. The number of nitrogens with two attached hydrogens (primary N) is 1. The van der Waals surface area contributed by atoms with Crippen molar-refractivity contribution in [1.29, 1.82) is 5.41 Å². The van der Waals surface area contributed by atoms with E-state index in [0.717, 1.165) is 38.9 Å². The highest BCUT2D eigenvalue weighted by Crippen LogP contribution is 2.59. The molecule has 0 radical (unpaired) electrons. The van der Waals surface area contributed by atoms with Crippen LogP contribution >= 0.6 is 0 Å². The second-order valence-corrected chi connectivity index (χ2v) is 13.7. The van der Waals surface area contributed by atoms with Crippen molar-refractivity contribution in [3.05, 3.63) is 28.3 Å². The molecule has 1 aromatic carbocycles. The van der Waals surface area contributed by atoms with Crippen molar-refractivity contribution in [3.63, 3.8) is 0 Å². The van der Waals surface area contributed by atoms with Gasteiger partial charge in [-0.15, -0.1) is 0 Å². The molecule has 0 spiro atoms. The number of benzene rings is 1. The summed E-state index contributed by atoms with van der Waals surface area (Å²) in [6.07, 6.45) is -1.39. The number of aromatic hydroxyl groups is 1. The molecular weight excluding hydrogens is 593 g/mol. The van der Waals surface area contributed by atoms with Crippen LogP contribution in [0.25, 0.3) is 0 Å². The molecule has 4 saturated carbocycles. The number of ether oxygens (including phenoxy) is 1. The molecule has 244 valence electrons. The predicted molar refractivity (Wildman–Crippen MR) is 155 cm³/mol. The van der Waals surface area contributed by atoms with Gasteiger partial charge >= 0.3 is 6.18 Å². The van der Waals surface area contributed by atoms with Crippen LogP contribution in [-0.4, -0.2) is 88.8 Å². The third kappa shape index (κ3) is 4.44. The van der Waals surface area contributed by atoms with Crippen molar-refractivity contribution in [2.24, 2.45) is 35.3 Å². The minimum Gasteiger partial charge on any atom is -0.507 e. The van der Waals surface area contributed by atoms with Gasteiger partial charge in [0.25, 0.3) is 0 Å². The lowest BCUT2D eigenvalue weighted by Gasteiger charge is -2.55. The maximum Gasteiger partial charge on any atom is 0.417 e. The number of rotatable bonds is 8. The van der Waals surface area contributed by atoms with Crippen LogP contribution in [-0.2, 0) is 38.3 Å².